The molecule has 1 aliphatic rings. The summed E-state index contributed by atoms with van der Waals surface area (Å²) in [4.78, 5) is 6.87. The molecule has 0 amide bonds. The van der Waals surface area contributed by atoms with Crippen molar-refractivity contribution >= 4 is 23.1 Å². The first kappa shape index (κ1) is 26.7. The monoisotopic (exact) mass is 484 g/mol. The minimum Gasteiger partial charge on any atom is -0.341 e. The van der Waals surface area contributed by atoms with E-state index in [0.717, 1.165) is 23.5 Å². The van der Waals surface area contributed by atoms with E-state index in [0.29, 0.717) is 5.92 Å². The van der Waals surface area contributed by atoms with E-state index in [-0.39, 0.29) is 0 Å². The molecule has 0 radical (unpaired) electrons. The first-order valence-electron chi connectivity index (χ1n) is 13.0. The summed E-state index contributed by atoms with van der Waals surface area (Å²) in [6.07, 6.45) is 13.6. The lowest BCUT2D eigenvalue weighted by Gasteiger charge is -2.34. The molecule has 1 fully saturated rings. The van der Waals surface area contributed by atoms with Crippen LogP contribution in [0.4, 0.5) is 5.69 Å². The van der Waals surface area contributed by atoms with Crippen LogP contribution in [0.5, 0.6) is 0 Å². The number of benzene rings is 2. The van der Waals surface area contributed by atoms with Crippen molar-refractivity contribution in [1.82, 2.24) is 4.98 Å². The molecule has 0 aliphatic heterocycles. The summed E-state index contributed by atoms with van der Waals surface area (Å²) in [6, 6.07) is 17.6. The normalized spacial score (nSPS) is 13.8. The zero-order chi connectivity index (χ0) is 25.0. The maximum Gasteiger partial charge on any atom is 0.123 e. The van der Waals surface area contributed by atoms with Gasteiger partial charge in [0.1, 0.15) is 5.01 Å². The van der Waals surface area contributed by atoms with E-state index in [1.807, 2.05) is 25.4 Å². The van der Waals surface area contributed by atoms with Crippen LogP contribution in [0.25, 0.3) is 16.6 Å². The maximum atomic E-state index is 4.61. The number of aromatic nitrogens is 1. The average molecular weight is 485 g/mol. The molecule has 1 saturated carbocycles. The van der Waals surface area contributed by atoms with Crippen LogP contribution < -0.4 is 4.90 Å². The fourth-order valence-electron chi connectivity index (χ4n) is 4.44. The third kappa shape index (κ3) is 7.53. The van der Waals surface area contributed by atoms with Gasteiger partial charge in [-0.2, -0.15) is 0 Å². The zero-order valence-corrected chi connectivity index (χ0v) is 22.5. The summed E-state index contributed by atoms with van der Waals surface area (Å²) in [6.45, 7) is 15.7. The van der Waals surface area contributed by atoms with Gasteiger partial charge in [0.15, 0.2) is 0 Å². The third-order valence-corrected chi connectivity index (χ3v) is 7.37. The molecular weight excluding hydrogens is 444 g/mol. The predicted octanol–water partition coefficient (Wildman–Crippen LogP) is 9.92. The van der Waals surface area contributed by atoms with Gasteiger partial charge in [-0.25, -0.2) is 4.98 Å². The molecular formula is C32H40N2S. The first-order chi connectivity index (χ1) is 17.1. The van der Waals surface area contributed by atoms with Crippen LogP contribution in [0.3, 0.4) is 0 Å². The fraction of sp³-hybridized carbons (Fsp3) is 0.344. The van der Waals surface area contributed by atoms with Gasteiger partial charge < -0.3 is 4.90 Å². The molecule has 0 saturated heterocycles. The molecule has 0 N–H and O–H groups in total. The number of hydrogen-bond acceptors (Lipinski definition) is 3. The number of thiazole rings is 1. The van der Waals surface area contributed by atoms with Crippen LogP contribution in [0.1, 0.15) is 70.4 Å². The topological polar surface area (TPSA) is 16.1 Å². The van der Waals surface area contributed by atoms with E-state index in [1.165, 1.54) is 60.2 Å². The Morgan fingerprint density at radius 1 is 1.06 bits per heavy atom. The lowest BCUT2D eigenvalue weighted by Crippen LogP contribution is -2.27. The number of nitrogens with zero attached hydrogens (tertiary/aromatic N) is 2. The molecule has 2 aromatic carbocycles. The van der Waals surface area contributed by atoms with Gasteiger partial charge in [-0.1, -0.05) is 107 Å². The standard InChI is InChI=1S/C30H34N2S.C2H6/c1-4-23(2)13-14-25-9-8-12-29(21-25)32(24(3)27-10-6-5-7-11-27)22-26-15-17-28(18-16-26)30-31-19-20-33-30;1-2/h8-9,12-21,27H,2-7,10-11,22H2,1H3;1-2H3/b14-13+;. The van der Waals surface area contributed by atoms with Gasteiger partial charge in [-0.05, 0) is 48.4 Å². The van der Waals surface area contributed by atoms with Crippen molar-refractivity contribution in [2.75, 3.05) is 4.90 Å². The van der Waals surface area contributed by atoms with E-state index < -0.39 is 0 Å². The fourth-order valence-corrected chi connectivity index (χ4v) is 5.09. The molecule has 0 atom stereocenters. The van der Waals surface area contributed by atoms with Crippen LogP contribution in [0.15, 0.2) is 90.6 Å². The predicted molar refractivity (Wildman–Crippen MR) is 156 cm³/mol. The Morgan fingerprint density at radius 3 is 2.46 bits per heavy atom. The average Bonchev–Trinajstić information content (AvgIpc) is 3.47. The Morgan fingerprint density at radius 2 is 1.80 bits per heavy atom. The molecule has 0 bridgehead atoms. The van der Waals surface area contributed by atoms with Gasteiger partial charge in [0.2, 0.25) is 0 Å². The molecule has 184 valence electrons. The quantitative estimate of drug-likeness (QED) is 0.281. The Kier molecular flexibility index (Phi) is 10.6. The molecule has 1 aromatic heterocycles. The summed E-state index contributed by atoms with van der Waals surface area (Å²) in [5.74, 6) is 0.562. The van der Waals surface area contributed by atoms with Crippen molar-refractivity contribution in [3.63, 3.8) is 0 Å². The SMILES string of the molecule is C=C(/C=C/c1cccc(N(Cc2ccc(-c3nccs3)cc2)C(=C)C2CCCCC2)c1)CC.CC. The van der Waals surface area contributed by atoms with E-state index in [4.69, 9.17) is 0 Å². The van der Waals surface area contributed by atoms with Crippen molar-refractivity contribution in [3.8, 4) is 10.6 Å². The summed E-state index contributed by atoms with van der Waals surface area (Å²) in [7, 11) is 0. The van der Waals surface area contributed by atoms with Crippen LogP contribution in [0.2, 0.25) is 0 Å². The molecule has 1 heterocycles. The second-order valence-electron chi connectivity index (χ2n) is 8.89. The Balaban J connectivity index is 0.00000167. The van der Waals surface area contributed by atoms with Gasteiger partial charge in [-0.15, -0.1) is 11.3 Å². The molecule has 2 nitrogen and oxygen atoms in total. The van der Waals surface area contributed by atoms with Gasteiger partial charge >= 0.3 is 0 Å². The molecule has 3 aromatic rings. The number of allylic oxidation sites excluding steroid dienone is 3. The van der Waals surface area contributed by atoms with Crippen molar-refractivity contribution in [2.45, 2.75) is 65.8 Å². The third-order valence-electron chi connectivity index (χ3n) is 6.54. The molecule has 0 unspecified atom stereocenters. The van der Waals surface area contributed by atoms with Crippen LogP contribution in [0, 0.1) is 5.92 Å². The highest BCUT2D eigenvalue weighted by Gasteiger charge is 2.22. The summed E-state index contributed by atoms with van der Waals surface area (Å²) in [5, 5.41) is 3.09. The zero-order valence-electron chi connectivity index (χ0n) is 21.7. The van der Waals surface area contributed by atoms with Crippen molar-refractivity contribution in [1.29, 1.82) is 0 Å². The lowest BCUT2D eigenvalue weighted by molar-refractivity contribution is 0.396. The van der Waals surface area contributed by atoms with E-state index in [1.54, 1.807) is 11.3 Å². The van der Waals surface area contributed by atoms with Gasteiger partial charge in [0.25, 0.3) is 0 Å². The Hall–Kier alpha value is -2.91. The summed E-state index contributed by atoms with van der Waals surface area (Å²) < 4.78 is 0. The molecule has 0 spiro atoms. The van der Waals surface area contributed by atoms with Crippen molar-refractivity contribution < 1.29 is 0 Å². The molecule has 1 aliphatic carbocycles. The Labute approximate surface area is 216 Å². The number of hydrogen-bond donors (Lipinski definition) is 0. The largest absolute Gasteiger partial charge is 0.341 e. The van der Waals surface area contributed by atoms with Crippen LogP contribution in [-0.2, 0) is 6.54 Å². The smallest absolute Gasteiger partial charge is 0.123 e. The van der Waals surface area contributed by atoms with Crippen molar-refractivity contribution in [2.24, 2.45) is 5.92 Å². The highest BCUT2D eigenvalue weighted by molar-refractivity contribution is 7.13. The van der Waals surface area contributed by atoms with Gasteiger partial charge in [0, 0.05) is 35.1 Å². The second kappa shape index (κ2) is 13.8. The van der Waals surface area contributed by atoms with Gasteiger partial charge in [0.05, 0.1) is 0 Å². The first-order valence-corrected chi connectivity index (χ1v) is 13.9. The van der Waals surface area contributed by atoms with E-state index in [2.05, 4.69) is 90.6 Å². The van der Waals surface area contributed by atoms with Crippen LogP contribution in [-0.4, -0.2) is 4.98 Å². The minimum absolute atomic E-state index is 0.562. The minimum atomic E-state index is 0.562. The van der Waals surface area contributed by atoms with E-state index >= 15 is 0 Å². The van der Waals surface area contributed by atoms with E-state index in [9.17, 15) is 0 Å². The summed E-state index contributed by atoms with van der Waals surface area (Å²) in [5.41, 5.74) is 7.26. The highest BCUT2D eigenvalue weighted by atomic mass is 32.1. The van der Waals surface area contributed by atoms with Crippen molar-refractivity contribution in [3.05, 3.63) is 102 Å². The number of rotatable bonds is 9. The molecule has 4 rings (SSSR count). The maximum absolute atomic E-state index is 4.61. The molecule has 3 heteroatoms. The Bertz CT molecular complexity index is 1090. The summed E-state index contributed by atoms with van der Waals surface area (Å²) >= 11 is 1.68. The lowest BCUT2D eigenvalue weighted by atomic mass is 9.86. The number of anilines is 1. The van der Waals surface area contributed by atoms with Gasteiger partial charge in [-0.3, -0.25) is 0 Å². The second-order valence-corrected chi connectivity index (χ2v) is 9.78. The molecule has 35 heavy (non-hydrogen) atoms. The highest BCUT2D eigenvalue weighted by Crippen LogP contribution is 2.35. The van der Waals surface area contributed by atoms with Crippen LogP contribution >= 0.6 is 11.3 Å².